The van der Waals surface area contributed by atoms with Gasteiger partial charge in [0.15, 0.2) is 0 Å². The summed E-state index contributed by atoms with van der Waals surface area (Å²) in [6.07, 6.45) is 0.393. The average molecular weight is 587 g/mol. The largest absolute Gasteiger partial charge is 0.497 e. The van der Waals surface area contributed by atoms with Crippen LogP contribution in [-0.4, -0.2) is 48.0 Å². The number of anilines is 1. The van der Waals surface area contributed by atoms with Gasteiger partial charge in [-0.15, -0.1) is 0 Å². The summed E-state index contributed by atoms with van der Waals surface area (Å²) >= 11 is 0. The Bertz CT molecular complexity index is 1910. The number of imide groups is 1. The van der Waals surface area contributed by atoms with Gasteiger partial charge in [0.25, 0.3) is 11.8 Å². The van der Waals surface area contributed by atoms with Gasteiger partial charge < -0.3 is 19.8 Å². The molecule has 3 heterocycles. The van der Waals surface area contributed by atoms with Crippen LogP contribution in [-0.2, 0) is 17.8 Å². The number of carbonyl (C=O) groups excluding carboxylic acids is 3. The monoisotopic (exact) mass is 586 g/mol. The topological polar surface area (TPSA) is 104 Å². The van der Waals surface area contributed by atoms with Gasteiger partial charge in [-0.1, -0.05) is 48.5 Å². The van der Waals surface area contributed by atoms with Gasteiger partial charge in [0.1, 0.15) is 23.6 Å². The molecular formula is C35H30N4O5. The number of hydrogen-bond donors (Lipinski definition) is 2. The fourth-order valence-corrected chi connectivity index (χ4v) is 6.36. The highest BCUT2D eigenvalue weighted by Crippen LogP contribution is 2.45. The van der Waals surface area contributed by atoms with Crippen LogP contribution in [0.5, 0.6) is 11.5 Å². The van der Waals surface area contributed by atoms with Crippen molar-refractivity contribution in [1.29, 1.82) is 0 Å². The fraction of sp³-hybridized carbons (Fsp3) is 0.171. The number of para-hydroxylation sites is 2. The molecule has 2 aliphatic heterocycles. The van der Waals surface area contributed by atoms with Crippen LogP contribution in [0, 0.1) is 0 Å². The van der Waals surface area contributed by atoms with Gasteiger partial charge in [0.2, 0.25) is 0 Å². The van der Waals surface area contributed by atoms with E-state index in [9.17, 15) is 14.4 Å². The van der Waals surface area contributed by atoms with Crippen molar-refractivity contribution in [2.75, 3.05) is 19.1 Å². The molecule has 0 aliphatic carbocycles. The molecule has 1 saturated heterocycles. The molecular weight excluding hydrogens is 556 g/mol. The SMILES string of the molecule is COc1cccc(C2c3[nH]c4ccccc4c3CC3C(=O)N(c4ccc(C(=O)NCc5ccccc5OC)cc4)C(=O)N32)c1. The van der Waals surface area contributed by atoms with E-state index in [-0.39, 0.29) is 11.8 Å². The van der Waals surface area contributed by atoms with E-state index in [4.69, 9.17) is 9.47 Å². The second kappa shape index (κ2) is 10.9. The number of amides is 4. The zero-order valence-corrected chi connectivity index (χ0v) is 24.2. The zero-order chi connectivity index (χ0) is 30.4. The Hall–Kier alpha value is -5.57. The zero-order valence-electron chi connectivity index (χ0n) is 24.2. The molecule has 0 bridgehead atoms. The summed E-state index contributed by atoms with van der Waals surface area (Å²) in [5.74, 6) is 0.781. The number of nitrogens with zero attached hydrogens (tertiary/aromatic N) is 2. The van der Waals surface area contributed by atoms with Gasteiger partial charge in [-0.2, -0.15) is 0 Å². The number of nitrogens with one attached hydrogen (secondary N) is 2. The minimum absolute atomic E-state index is 0.276. The number of hydrogen-bond acceptors (Lipinski definition) is 5. The first kappa shape index (κ1) is 27.3. The standard InChI is InChI=1S/C35H30N4O5/c1-43-25-10-7-9-22(18-25)32-31-27(26-11-4-5-12-28(26)37-31)19-29-34(41)38(35(42)39(29)32)24-16-14-21(15-17-24)33(40)36-20-23-8-3-6-13-30(23)44-2/h3-18,29,32,37H,19-20H2,1-2H3,(H,36,40). The highest BCUT2D eigenvalue weighted by atomic mass is 16.5. The molecule has 9 heteroatoms. The van der Waals surface area contributed by atoms with E-state index >= 15 is 0 Å². The van der Waals surface area contributed by atoms with Crippen molar-refractivity contribution in [3.63, 3.8) is 0 Å². The van der Waals surface area contributed by atoms with Crippen molar-refractivity contribution >= 4 is 34.4 Å². The van der Waals surface area contributed by atoms with Crippen molar-refractivity contribution in [2.45, 2.75) is 25.0 Å². The Labute approximate surface area is 254 Å². The molecule has 44 heavy (non-hydrogen) atoms. The van der Waals surface area contributed by atoms with Crippen molar-refractivity contribution in [1.82, 2.24) is 15.2 Å². The summed E-state index contributed by atoms with van der Waals surface area (Å²) in [5.41, 5.74) is 5.40. The molecule has 220 valence electrons. The predicted octanol–water partition coefficient (Wildman–Crippen LogP) is 5.60. The van der Waals surface area contributed by atoms with E-state index in [1.807, 2.05) is 72.8 Å². The Morgan fingerprint density at radius 2 is 1.68 bits per heavy atom. The third kappa shape index (κ3) is 4.44. The van der Waals surface area contributed by atoms with E-state index in [2.05, 4.69) is 10.3 Å². The molecule has 2 unspecified atom stereocenters. The molecule has 2 atom stereocenters. The van der Waals surface area contributed by atoms with Crippen LogP contribution in [0.3, 0.4) is 0 Å². The molecule has 2 aliphatic rings. The molecule has 7 rings (SSSR count). The predicted molar refractivity (Wildman–Crippen MR) is 166 cm³/mol. The molecule has 2 N–H and O–H groups in total. The highest BCUT2D eigenvalue weighted by molar-refractivity contribution is 6.22. The lowest BCUT2D eigenvalue weighted by Crippen LogP contribution is -2.44. The van der Waals surface area contributed by atoms with Crippen molar-refractivity contribution in [2.24, 2.45) is 0 Å². The second-order valence-corrected chi connectivity index (χ2v) is 10.9. The van der Waals surface area contributed by atoms with E-state index in [1.165, 1.54) is 4.90 Å². The molecule has 4 aromatic carbocycles. The van der Waals surface area contributed by atoms with Gasteiger partial charge in [0, 0.05) is 40.7 Å². The van der Waals surface area contributed by atoms with Crippen LogP contribution in [0.1, 0.15) is 38.8 Å². The van der Waals surface area contributed by atoms with Crippen molar-refractivity contribution in [3.8, 4) is 11.5 Å². The summed E-state index contributed by atoms with van der Waals surface area (Å²) in [7, 11) is 3.19. The first-order valence-electron chi connectivity index (χ1n) is 14.4. The van der Waals surface area contributed by atoms with Crippen LogP contribution in [0.2, 0.25) is 0 Å². The Morgan fingerprint density at radius 3 is 2.48 bits per heavy atom. The lowest BCUT2D eigenvalue weighted by atomic mass is 9.89. The molecule has 1 fully saturated rings. The third-order valence-corrected chi connectivity index (χ3v) is 8.48. The van der Waals surface area contributed by atoms with E-state index in [1.54, 1.807) is 43.4 Å². The first-order valence-corrected chi connectivity index (χ1v) is 14.4. The number of methoxy groups -OCH3 is 2. The Kier molecular flexibility index (Phi) is 6.77. The number of aromatic nitrogens is 1. The van der Waals surface area contributed by atoms with Gasteiger partial charge in [-0.25, -0.2) is 9.69 Å². The minimum atomic E-state index is -0.686. The minimum Gasteiger partial charge on any atom is -0.497 e. The normalized spacial score (nSPS) is 17.4. The number of ether oxygens (including phenoxy) is 2. The summed E-state index contributed by atoms with van der Waals surface area (Å²) in [6.45, 7) is 0.296. The van der Waals surface area contributed by atoms with E-state index in [0.717, 1.165) is 33.3 Å². The molecule has 0 spiro atoms. The Balaban J connectivity index is 1.19. The lowest BCUT2D eigenvalue weighted by Gasteiger charge is -2.36. The maximum absolute atomic E-state index is 14.1. The highest BCUT2D eigenvalue weighted by Gasteiger charge is 2.53. The van der Waals surface area contributed by atoms with Crippen LogP contribution in [0.25, 0.3) is 10.9 Å². The maximum atomic E-state index is 14.1. The molecule has 4 amide bonds. The molecule has 0 radical (unpaired) electrons. The number of benzene rings is 4. The smallest absolute Gasteiger partial charge is 0.332 e. The number of rotatable bonds is 7. The molecule has 5 aromatic rings. The lowest BCUT2D eigenvalue weighted by molar-refractivity contribution is -0.120. The van der Waals surface area contributed by atoms with E-state index < -0.39 is 18.1 Å². The van der Waals surface area contributed by atoms with Crippen LogP contribution in [0.4, 0.5) is 10.5 Å². The number of fused-ring (bicyclic) bond motifs is 4. The summed E-state index contributed by atoms with van der Waals surface area (Å²) < 4.78 is 10.9. The number of aromatic amines is 1. The van der Waals surface area contributed by atoms with Crippen molar-refractivity contribution < 1.29 is 23.9 Å². The number of H-pyrrole nitrogens is 1. The van der Waals surface area contributed by atoms with Crippen LogP contribution < -0.4 is 19.7 Å². The molecule has 9 nitrogen and oxygen atoms in total. The first-order chi connectivity index (χ1) is 21.5. The summed E-state index contributed by atoms with van der Waals surface area (Å²) in [5, 5.41) is 3.94. The summed E-state index contributed by atoms with van der Waals surface area (Å²) in [4.78, 5) is 47.5. The van der Waals surface area contributed by atoms with E-state index in [0.29, 0.717) is 35.7 Å². The molecule has 0 saturated carbocycles. The van der Waals surface area contributed by atoms with Gasteiger partial charge >= 0.3 is 6.03 Å². The van der Waals surface area contributed by atoms with Gasteiger partial charge in [-0.05, 0) is 59.7 Å². The van der Waals surface area contributed by atoms with Crippen LogP contribution in [0.15, 0.2) is 97.1 Å². The van der Waals surface area contributed by atoms with Gasteiger partial charge in [0.05, 0.1) is 19.9 Å². The second-order valence-electron chi connectivity index (χ2n) is 10.9. The number of urea groups is 1. The number of carbonyl (C=O) groups is 3. The Morgan fingerprint density at radius 1 is 0.909 bits per heavy atom. The quantitative estimate of drug-likeness (QED) is 0.242. The average Bonchev–Trinajstić information content (AvgIpc) is 3.56. The van der Waals surface area contributed by atoms with Crippen LogP contribution >= 0.6 is 0 Å². The maximum Gasteiger partial charge on any atom is 0.332 e. The van der Waals surface area contributed by atoms with Crippen molar-refractivity contribution in [3.05, 3.63) is 125 Å². The molecule has 1 aromatic heterocycles. The fourth-order valence-electron chi connectivity index (χ4n) is 6.36. The third-order valence-electron chi connectivity index (χ3n) is 8.48. The summed E-state index contributed by atoms with van der Waals surface area (Å²) in [6, 6.07) is 28.0. The van der Waals surface area contributed by atoms with Gasteiger partial charge in [-0.3, -0.25) is 14.5 Å².